The summed E-state index contributed by atoms with van der Waals surface area (Å²) in [5.41, 5.74) is -0.954. The van der Waals surface area contributed by atoms with Crippen molar-refractivity contribution >= 4 is 5.91 Å². The standard InChI is InChI=1S/C9H19NO4/c1-7(14-3)4-8(13)10-9(2,5-11)6-12/h7,11-12H,4-6H2,1-3H3,(H,10,13). The fourth-order valence-corrected chi connectivity index (χ4v) is 0.861. The van der Waals surface area contributed by atoms with E-state index in [0.717, 1.165) is 0 Å². The molecule has 0 aromatic carbocycles. The van der Waals surface area contributed by atoms with Crippen LogP contribution in [0.15, 0.2) is 0 Å². The maximum atomic E-state index is 11.3. The Balaban J connectivity index is 4.04. The zero-order valence-corrected chi connectivity index (χ0v) is 8.91. The number of hydrogen-bond acceptors (Lipinski definition) is 4. The van der Waals surface area contributed by atoms with Crippen LogP contribution in [0.4, 0.5) is 0 Å². The molecule has 0 bridgehead atoms. The maximum absolute atomic E-state index is 11.3. The SMILES string of the molecule is COC(C)CC(=O)NC(C)(CO)CO. The van der Waals surface area contributed by atoms with Gasteiger partial charge in [0.1, 0.15) is 0 Å². The van der Waals surface area contributed by atoms with E-state index < -0.39 is 5.54 Å². The first-order chi connectivity index (χ1) is 6.47. The van der Waals surface area contributed by atoms with Crippen molar-refractivity contribution in [2.45, 2.75) is 31.9 Å². The highest BCUT2D eigenvalue weighted by Gasteiger charge is 2.24. The van der Waals surface area contributed by atoms with E-state index in [1.165, 1.54) is 7.11 Å². The Morgan fingerprint density at radius 3 is 2.36 bits per heavy atom. The zero-order valence-electron chi connectivity index (χ0n) is 8.91. The van der Waals surface area contributed by atoms with Gasteiger partial charge in [-0.1, -0.05) is 0 Å². The van der Waals surface area contributed by atoms with Crippen LogP contribution in [0.25, 0.3) is 0 Å². The molecule has 0 saturated carbocycles. The number of carbonyl (C=O) groups is 1. The average molecular weight is 205 g/mol. The highest BCUT2D eigenvalue weighted by Crippen LogP contribution is 2.03. The molecule has 0 aromatic rings. The lowest BCUT2D eigenvalue weighted by Crippen LogP contribution is -2.52. The van der Waals surface area contributed by atoms with Crippen molar-refractivity contribution < 1.29 is 19.7 Å². The number of hydrogen-bond donors (Lipinski definition) is 3. The second-order valence-corrected chi connectivity index (χ2v) is 3.68. The van der Waals surface area contributed by atoms with E-state index in [4.69, 9.17) is 14.9 Å². The second kappa shape index (κ2) is 5.95. The Labute approximate surface area is 84.1 Å². The van der Waals surface area contributed by atoms with Crippen LogP contribution in [-0.4, -0.2) is 48.1 Å². The molecule has 5 nitrogen and oxygen atoms in total. The van der Waals surface area contributed by atoms with Gasteiger partial charge in [-0.25, -0.2) is 0 Å². The van der Waals surface area contributed by atoms with Gasteiger partial charge in [0.25, 0.3) is 0 Å². The minimum atomic E-state index is -0.954. The molecule has 0 aromatic heterocycles. The van der Waals surface area contributed by atoms with Crippen molar-refractivity contribution in [2.24, 2.45) is 0 Å². The molecule has 0 saturated heterocycles. The normalized spacial score (nSPS) is 13.8. The number of aliphatic hydroxyl groups is 2. The number of ether oxygens (including phenoxy) is 1. The van der Waals surface area contributed by atoms with E-state index in [2.05, 4.69) is 5.32 Å². The summed E-state index contributed by atoms with van der Waals surface area (Å²) in [6.07, 6.45) is 0.0446. The Hall–Kier alpha value is -0.650. The predicted molar refractivity (Wildman–Crippen MR) is 51.8 cm³/mol. The molecular weight excluding hydrogens is 186 g/mol. The van der Waals surface area contributed by atoms with E-state index in [0.29, 0.717) is 0 Å². The quantitative estimate of drug-likeness (QED) is 0.534. The summed E-state index contributed by atoms with van der Waals surface area (Å²) in [5, 5.41) is 20.4. The first-order valence-electron chi connectivity index (χ1n) is 4.53. The highest BCUT2D eigenvalue weighted by molar-refractivity contribution is 5.77. The number of methoxy groups -OCH3 is 1. The molecule has 1 atom stereocenters. The van der Waals surface area contributed by atoms with Gasteiger partial charge in [0, 0.05) is 7.11 Å². The summed E-state index contributed by atoms with van der Waals surface area (Å²) in [6.45, 7) is 2.75. The molecule has 3 N–H and O–H groups in total. The van der Waals surface area contributed by atoms with Crippen LogP contribution < -0.4 is 5.32 Å². The van der Waals surface area contributed by atoms with Gasteiger partial charge >= 0.3 is 0 Å². The third-order valence-corrected chi connectivity index (χ3v) is 2.01. The lowest BCUT2D eigenvalue weighted by atomic mass is 10.1. The zero-order chi connectivity index (χ0) is 11.2. The minimum Gasteiger partial charge on any atom is -0.394 e. The molecule has 5 heteroatoms. The molecule has 1 unspecified atom stereocenters. The number of nitrogens with one attached hydrogen (secondary N) is 1. The van der Waals surface area contributed by atoms with Crippen LogP contribution in [0.5, 0.6) is 0 Å². The Kier molecular flexibility index (Phi) is 5.68. The third kappa shape index (κ3) is 4.55. The van der Waals surface area contributed by atoms with Crippen molar-refractivity contribution in [2.75, 3.05) is 20.3 Å². The van der Waals surface area contributed by atoms with Crippen molar-refractivity contribution in [3.05, 3.63) is 0 Å². The van der Waals surface area contributed by atoms with Gasteiger partial charge in [-0.2, -0.15) is 0 Å². The topological polar surface area (TPSA) is 78.8 Å². The van der Waals surface area contributed by atoms with Gasteiger partial charge < -0.3 is 20.3 Å². The van der Waals surface area contributed by atoms with Crippen LogP contribution in [0.1, 0.15) is 20.3 Å². The average Bonchev–Trinajstić information content (AvgIpc) is 2.17. The van der Waals surface area contributed by atoms with Gasteiger partial charge in [-0.05, 0) is 13.8 Å². The number of aliphatic hydroxyl groups excluding tert-OH is 2. The van der Waals surface area contributed by atoms with Gasteiger partial charge in [0.2, 0.25) is 5.91 Å². The van der Waals surface area contributed by atoms with E-state index in [9.17, 15) is 4.79 Å². The van der Waals surface area contributed by atoms with Gasteiger partial charge in [-0.15, -0.1) is 0 Å². The van der Waals surface area contributed by atoms with Gasteiger partial charge in [0.15, 0.2) is 0 Å². The summed E-state index contributed by atoms with van der Waals surface area (Å²) in [7, 11) is 1.52. The fourth-order valence-electron chi connectivity index (χ4n) is 0.861. The molecule has 0 radical (unpaired) electrons. The molecule has 84 valence electrons. The minimum absolute atomic E-state index is 0.170. The summed E-state index contributed by atoms with van der Waals surface area (Å²) >= 11 is 0. The van der Waals surface area contributed by atoms with E-state index in [1.54, 1.807) is 13.8 Å². The summed E-state index contributed by atoms with van der Waals surface area (Å²) < 4.78 is 4.92. The van der Waals surface area contributed by atoms with Crippen molar-refractivity contribution in [3.63, 3.8) is 0 Å². The van der Waals surface area contributed by atoms with Crippen LogP contribution in [0.3, 0.4) is 0 Å². The van der Waals surface area contributed by atoms with E-state index >= 15 is 0 Å². The molecule has 0 rings (SSSR count). The van der Waals surface area contributed by atoms with E-state index in [-0.39, 0.29) is 31.6 Å². The number of rotatable bonds is 6. The van der Waals surface area contributed by atoms with Crippen LogP contribution in [-0.2, 0) is 9.53 Å². The summed E-state index contributed by atoms with van der Waals surface area (Å²) in [4.78, 5) is 11.3. The number of carbonyl (C=O) groups excluding carboxylic acids is 1. The van der Waals surface area contributed by atoms with Crippen LogP contribution in [0, 0.1) is 0 Å². The van der Waals surface area contributed by atoms with Crippen LogP contribution >= 0.6 is 0 Å². The van der Waals surface area contributed by atoms with Crippen molar-refractivity contribution in [1.29, 1.82) is 0 Å². The van der Waals surface area contributed by atoms with Crippen LogP contribution in [0.2, 0.25) is 0 Å². The molecule has 1 amide bonds. The Morgan fingerprint density at radius 1 is 1.50 bits per heavy atom. The summed E-state index contributed by atoms with van der Waals surface area (Å²) in [5.74, 6) is -0.245. The Bertz CT molecular complexity index is 180. The van der Waals surface area contributed by atoms with Gasteiger partial charge in [-0.3, -0.25) is 4.79 Å². The highest BCUT2D eigenvalue weighted by atomic mass is 16.5. The maximum Gasteiger partial charge on any atom is 0.223 e. The first kappa shape index (κ1) is 13.4. The molecular formula is C9H19NO4. The second-order valence-electron chi connectivity index (χ2n) is 3.68. The lowest BCUT2D eigenvalue weighted by Gasteiger charge is -2.26. The third-order valence-electron chi connectivity index (χ3n) is 2.01. The fraction of sp³-hybridized carbons (Fsp3) is 0.889. The first-order valence-corrected chi connectivity index (χ1v) is 4.53. The predicted octanol–water partition coefficient (Wildman–Crippen LogP) is -0.729. The Morgan fingerprint density at radius 2 is 2.00 bits per heavy atom. The molecule has 14 heavy (non-hydrogen) atoms. The lowest BCUT2D eigenvalue weighted by molar-refractivity contribution is -0.126. The molecule has 0 aliphatic heterocycles. The van der Waals surface area contributed by atoms with Gasteiger partial charge in [0.05, 0.1) is 31.3 Å². The van der Waals surface area contributed by atoms with Crippen molar-refractivity contribution in [1.82, 2.24) is 5.32 Å². The largest absolute Gasteiger partial charge is 0.394 e. The molecule has 0 heterocycles. The monoisotopic (exact) mass is 205 g/mol. The number of amides is 1. The van der Waals surface area contributed by atoms with Crippen molar-refractivity contribution in [3.8, 4) is 0 Å². The molecule has 0 aliphatic rings. The molecule has 0 aliphatic carbocycles. The van der Waals surface area contributed by atoms with E-state index in [1.807, 2.05) is 0 Å². The summed E-state index contributed by atoms with van der Waals surface area (Å²) in [6, 6.07) is 0. The smallest absolute Gasteiger partial charge is 0.223 e. The molecule has 0 spiro atoms. The molecule has 0 fully saturated rings.